The van der Waals surface area contributed by atoms with Crippen molar-refractivity contribution in [2.24, 2.45) is 0 Å². The second-order valence-corrected chi connectivity index (χ2v) is 6.53. The number of anilines is 1. The SMILES string of the molecule is Cc1ccc(C(Cl)c2ccc3c(c2)CCC(=O)N3)s1. The van der Waals surface area contributed by atoms with Crippen LogP contribution in [0, 0.1) is 6.92 Å². The molecule has 19 heavy (non-hydrogen) atoms. The van der Waals surface area contributed by atoms with E-state index in [0.29, 0.717) is 6.42 Å². The fourth-order valence-corrected chi connectivity index (χ4v) is 3.54. The molecule has 1 amide bonds. The zero-order valence-corrected chi connectivity index (χ0v) is 12.1. The van der Waals surface area contributed by atoms with E-state index in [2.05, 4.69) is 30.4 Å². The number of amides is 1. The molecule has 1 aliphatic heterocycles. The van der Waals surface area contributed by atoms with E-state index < -0.39 is 0 Å². The highest BCUT2D eigenvalue weighted by atomic mass is 35.5. The molecule has 1 unspecified atom stereocenters. The highest BCUT2D eigenvalue weighted by Crippen LogP contribution is 2.35. The minimum atomic E-state index is -0.110. The number of benzene rings is 1. The van der Waals surface area contributed by atoms with Gasteiger partial charge in [-0.15, -0.1) is 22.9 Å². The Bertz CT molecular complexity index is 635. The van der Waals surface area contributed by atoms with Crippen molar-refractivity contribution < 1.29 is 4.79 Å². The van der Waals surface area contributed by atoms with Gasteiger partial charge in [0.1, 0.15) is 0 Å². The number of halogens is 1. The Morgan fingerprint density at radius 2 is 2.11 bits per heavy atom. The van der Waals surface area contributed by atoms with Crippen LogP contribution < -0.4 is 5.32 Å². The molecule has 2 heterocycles. The molecule has 1 aromatic carbocycles. The van der Waals surface area contributed by atoms with Gasteiger partial charge >= 0.3 is 0 Å². The van der Waals surface area contributed by atoms with Crippen LogP contribution in [-0.4, -0.2) is 5.91 Å². The van der Waals surface area contributed by atoms with Crippen LogP contribution in [0.25, 0.3) is 0 Å². The van der Waals surface area contributed by atoms with E-state index in [-0.39, 0.29) is 11.3 Å². The topological polar surface area (TPSA) is 29.1 Å². The van der Waals surface area contributed by atoms with Gasteiger partial charge in [0, 0.05) is 21.9 Å². The lowest BCUT2D eigenvalue weighted by atomic mass is 9.99. The van der Waals surface area contributed by atoms with Gasteiger partial charge in [-0.3, -0.25) is 4.79 Å². The molecule has 0 saturated carbocycles. The summed E-state index contributed by atoms with van der Waals surface area (Å²) in [7, 11) is 0. The van der Waals surface area contributed by atoms with E-state index in [0.717, 1.165) is 17.7 Å². The average Bonchev–Trinajstić information content (AvgIpc) is 2.84. The summed E-state index contributed by atoms with van der Waals surface area (Å²) in [5.74, 6) is 0.0940. The van der Waals surface area contributed by atoms with Crippen LogP contribution in [0.1, 0.15) is 32.7 Å². The molecule has 0 aliphatic carbocycles. The number of alkyl halides is 1. The Labute approximate surface area is 121 Å². The van der Waals surface area contributed by atoms with Crippen LogP contribution >= 0.6 is 22.9 Å². The molecule has 1 atom stereocenters. The lowest BCUT2D eigenvalue weighted by Gasteiger charge is -2.18. The maximum absolute atomic E-state index is 11.3. The van der Waals surface area contributed by atoms with Crippen molar-refractivity contribution in [1.29, 1.82) is 0 Å². The molecule has 98 valence electrons. The highest BCUT2D eigenvalue weighted by Gasteiger charge is 2.18. The van der Waals surface area contributed by atoms with E-state index in [1.807, 2.05) is 12.1 Å². The highest BCUT2D eigenvalue weighted by molar-refractivity contribution is 7.12. The van der Waals surface area contributed by atoms with Crippen molar-refractivity contribution in [3.8, 4) is 0 Å². The fourth-order valence-electron chi connectivity index (χ4n) is 2.31. The molecule has 0 spiro atoms. The van der Waals surface area contributed by atoms with Crippen LogP contribution in [0.2, 0.25) is 0 Å². The summed E-state index contributed by atoms with van der Waals surface area (Å²) in [5.41, 5.74) is 3.20. The second-order valence-electron chi connectivity index (χ2n) is 4.78. The minimum Gasteiger partial charge on any atom is -0.326 e. The van der Waals surface area contributed by atoms with Gasteiger partial charge in [-0.1, -0.05) is 12.1 Å². The molecular weight excluding hydrogens is 278 g/mol. The first-order chi connectivity index (χ1) is 9.13. The van der Waals surface area contributed by atoms with Gasteiger partial charge in [0.25, 0.3) is 0 Å². The number of hydrogen-bond acceptors (Lipinski definition) is 2. The maximum atomic E-state index is 11.3. The van der Waals surface area contributed by atoms with E-state index in [9.17, 15) is 4.79 Å². The van der Waals surface area contributed by atoms with Gasteiger partial charge in [0.2, 0.25) is 5.91 Å². The first-order valence-electron chi connectivity index (χ1n) is 6.26. The predicted molar refractivity (Wildman–Crippen MR) is 80.1 cm³/mol. The lowest BCUT2D eigenvalue weighted by Crippen LogP contribution is -2.19. The van der Waals surface area contributed by atoms with Crippen LogP contribution in [-0.2, 0) is 11.2 Å². The Kier molecular flexibility index (Phi) is 3.33. The third kappa shape index (κ3) is 2.53. The number of hydrogen-bond donors (Lipinski definition) is 1. The summed E-state index contributed by atoms with van der Waals surface area (Å²) in [6.45, 7) is 2.08. The van der Waals surface area contributed by atoms with E-state index in [4.69, 9.17) is 11.6 Å². The normalized spacial score (nSPS) is 15.8. The number of thiophene rings is 1. The van der Waals surface area contributed by atoms with Crippen molar-refractivity contribution in [2.75, 3.05) is 5.32 Å². The van der Waals surface area contributed by atoms with Crippen molar-refractivity contribution in [2.45, 2.75) is 25.1 Å². The van der Waals surface area contributed by atoms with E-state index >= 15 is 0 Å². The molecule has 2 nitrogen and oxygen atoms in total. The molecule has 1 aliphatic rings. The number of aryl methyl sites for hydroxylation is 2. The summed E-state index contributed by atoms with van der Waals surface area (Å²) in [4.78, 5) is 13.8. The zero-order valence-electron chi connectivity index (χ0n) is 10.6. The van der Waals surface area contributed by atoms with Gasteiger partial charge < -0.3 is 5.32 Å². The van der Waals surface area contributed by atoms with Crippen molar-refractivity contribution in [3.05, 3.63) is 51.2 Å². The minimum absolute atomic E-state index is 0.0940. The van der Waals surface area contributed by atoms with Crippen LogP contribution in [0.3, 0.4) is 0 Å². The third-order valence-electron chi connectivity index (χ3n) is 3.33. The maximum Gasteiger partial charge on any atom is 0.224 e. The summed E-state index contributed by atoms with van der Waals surface area (Å²) >= 11 is 8.27. The Balaban J connectivity index is 1.92. The number of fused-ring (bicyclic) bond motifs is 1. The van der Waals surface area contributed by atoms with Crippen molar-refractivity contribution in [1.82, 2.24) is 0 Å². The van der Waals surface area contributed by atoms with Crippen molar-refractivity contribution in [3.63, 3.8) is 0 Å². The first kappa shape index (κ1) is 12.7. The lowest BCUT2D eigenvalue weighted by molar-refractivity contribution is -0.116. The number of carbonyl (C=O) groups is 1. The summed E-state index contributed by atoms with van der Waals surface area (Å²) in [6, 6.07) is 10.2. The van der Waals surface area contributed by atoms with Gasteiger partial charge in [0.05, 0.1) is 5.38 Å². The fraction of sp³-hybridized carbons (Fsp3) is 0.267. The molecular formula is C15H14ClNOS. The summed E-state index contributed by atoms with van der Waals surface area (Å²) in [6.07, 6.45) is 1.35. The standard InChI is InChI=1S/C15H14ClNOS/c1-9-2-6-13(19-9)15(16)11-3-5-12-10(8-11)4-7-14(18)17-12/h2-3,5-6,8,15H,4,7H2,1H3,(H,17,18). The number of rotatable bonds is 2. The molecule has 2 aromatic rings. The summed E-state index contributed by atoms with van der Waals surface area (Å²) < 4.78 is 0. The Morgan fingerprint density at radius 1 is 1.26 bits per heavy atom. The van der Waals surface area contributed by atoms with Crippen LogP contribution in [0.5, 0.6) is 0 Å². The number of carbonyl (C=O) groups excluding carboxylic acids is 1. The molecule has 1 N–H and O–H groups in total. The molecule has 0 bridgehead atoms. The molecule has 1 aromatic heterocycles. The average molecular weight is 292 g/mol. The first-order valence-corrected chi connectivity index (χ1v) is 7.52. The Morgan fingerprint density at radius 3 is 2.84 bits per heavy atom. The quantitative estimate of drug-likeness (QED) is 0.823. The predicted octanol–water partition coefficient (Wildman–Crippen LogP) is 4.27. The monoisotopic (exact) mass is 291 g/mol. The van der Waals surface area contributed by atoms with Gasteiger partial charge in [-0.25, -0.2) is 0 Å². The van der Waals surface area contributed by atoms with E-state index in [1.54, 1.807) is 11.3 Å². The third-order valence-corrected chi connectivity index (χ3v) is 5.01. The Hall–Kier alpha value is -1.32. The van der Waals surface area contributed by atoms with E-state index in [1.165, 1.54) is 15.3 Å². The zero-order chi connectivity index (χ0) is 13.4. The number of nitrogens with one attached hydrogen (secondary N) is 1. The largest absolute Gasteiger partial charge is 0.326 e. The molecule has 0 radical (unpaired) electrons. The van der Waals surface area contributed by atoms with Gasteiger partial charge in [0.15, 0.2) is 0 Å². The molecule has 0 saturated heterocycles. The summed E-state index contributed by atoms with van der Waals surface area (Å²) in [5, 5.41) is 2.78. The molecule has 3 rings (SSSR count). The second kappa shape index (κ2) is 4.99. The van der Waals surface area contributed by atoms with Gasteiger partial charge in [-0.2, -0.15) is 0 Å². The molecule has 4 heteroatoms. The van der Waals surface area contributed by atoms with Crippen LogP contribution in [0.4, 0.5) is 5.69 Å². The van der Waals surface area contributed by atoms with Crippen molar-refractivity contribution >= 4 is 34.5 Å². The van der Waals surface area contributed by atoms with Gasteiger partial charge in [-0.05, 0) is 42.7 Å². The molecule has 0 fully saturated rings. The smallest absolute Gasteiger partial charge is 0.224 e. The van der Waals surface area contributed by atoms with Crippen LogP contribution in [0.15, 0.2) is 30.3 Å².